The van der Waals surface area contributed by atoms with Gasteiger partial charge in [-0.25, -0.2) is 18.2 Å². The van der Waals surface area contributed by atoms with Gasteiger partial charge in [0.25, 0.3) is 0 Å². The summed E-state index contributed by atoms with van der Waals surface area (Å²) in [6.45, 7) is 3.21. The maximum atomic E-state index is 12.8. The van der Waals surface area contributed by atoms with E-state index in [0.717, 1.165) is 51.1 Å². The van der Waals surface area contributed by atoms with E-state index in [1.165, 1.54) is 18.1 Å². The van der Waals surface area contributed by atoms with E-state index in [0.29, 0.717) is 22.8 Å². The average molecular weight is 430 g/mol. The molecule has 1 aromatic heterocycles. The minimum atomic E-state index is -3.14. The van der Waals surface area contributed by atoms with Crippen LogP contribution in [0.15, 0.2) is 35.5 Å². The van der Waals surface area contributed by atoms with Crippen LogP contribution >= 0.6 is 0 Å². The molecule has 1 spiro atoms. The summed E-state index contributed by atoms with van der Waals surface area (Å²) in [6, 6.07) is 7.41. The molecule has 1 saturated carbocycles. The van der Waals surface area contributed by atoms with E-state index in [2.05, 4.69) is 15.2 Å². The maximum absolute atomic E-state index is 12.8. The number of amides is 2. The third-order valence-corrected chi connectivity index (χ3v) is 8.05. The zero-order valence-corrected chi connectivity index (χ0v) is 17.9. The number of likely N-dealkylation sites (tertiary alicyclic amines) is 2. The Hall–Kier alpha value is -2.42. The summed E-state index contributed by atoms with van der Waals surface area (Å²) in [5.74, 6) is 1.75. The van der Waals surface area contributed by atoms with Gasteiger partial charge in [0.1, 0.15) is 12.2 Å². The number of nitrogens with zero attached hydrogens (tertiary/aromatic N) is 4. The first-order chi connectivity index (χ1) is 14.3. The molecule has 30 heavy (non-hydrogen) atoms. The minimum absolute atomic E-state index is 0.155. The van der Waals surface area contributed by atoms with Crippen LogP contribution in [0.3, 0.4) is 0 Å². The lowest BCUT2D eigenvalue weighted by molar-refractivity contribution is -0.0753. The number of urea groups is 1. The molecule has 2 amide bonds. The smallest absolute Gasteiger partial charge is 0.320 e. The van der Waals surface area contributed by atoms with E-state index >= 15 is 0 Å². The van der Waals surface area contributed by atoms with Crippen LogP contribution in [-0.2, 0) is 16.3 Å². The summed E-state index contributed by atoms with van der Waals surface area (Å²) in [6.07, 6.45) is 6.95. The van der Waals surface area contributed by atoms with Crippen molar-refractivity contribution < 1.29 is 13.2 Å². The molecule has 2 aromatic rings. The van der Waals surface area contributed by atoms with Gasteiger partial charge in [0.15, 0.2) is 9.84 Å². The van der Waals surface area contributed by atoms with Crippen LogP contribution in [0, 0.1) is 11.3 Å². The number of sulfone groups is 1. The quantitative estimate of drug-likeness (QED) is 0.802. The summed E-state index contributed by atoms with van der Waals surface area (Å²) in [5.41, 5.74) is 1.49. The van der Waals surface area contributed by atoms with Crippen molar-refractivity contribution in [2.45, 2.75) is 36.5 Å². The van der Waals surface area contributed by atoms with Crippen molar-refractivity contribution in [2.24, 2.45) is 11.3 Å². The molecule has 1 N–H and O–H groups in total. The van der Waals surface area contributed by atoms with Gasteiger partial charge in [-0.2, -0.15) is 5.10 Å². The van der Waals surface area contributed by atoms with Crippen LogP contribution in [0.5, 0.6) is 0 Å². The lowest BCUT2D eigenvalue weighted by atomic mass is 9.56. The van der Waals surface area contributed by atoms with Gasteiger partial charge in [0.2, 0.25) is 0 Å². The first kappa shape index (κ1) is 19.5. The molecule has 1 aromatic carbocycles. The molecule has 0 bridgehead atoms. The third-order valence-electron chi connectivity index (χ3n) is 6.92. The van der Waals surface area contributed by atoms with E-state index in [-0.39, 0.29) is 11.9 Å². The van der Waals surface area contributed by atoms with Crippen molar-refractivity contribution in [3.8, 4) is 0 Å². The molecule has 9 heteroatoms. The number of aromatic nitrogens is 3. The highest BCUT2D eigenvalue weighted by Crippen LogP contribution is 2.53. The fourth-order valence-corrected chi connectivity index (χ4v) is 6.07. The van der Waals surface area contributed by atoms with Crippen molar-refractivity contribution in [2.75, 3.05) is 32.4 Å². The zero-order chi connectivity index (χ0) is 20.9. The van der Waals surface area contributed by atoms with E-state index in [4.69, 9.17) is 0 Å². The highest BCUT2D eigenvalue weighted by molar-refractivity contribution is 7.90. The van der Waals surface area contributed by atoms with Gasteiger partial charge in [-0.1, -0.05) is 12.1 Å². The molecular weight excluding hydrogens is 402 g/mol. The Balaban J connectivity index is 1.08. The largest absolute Gasteiger partial charge is 0.324 e. The number of nitrogens with one attached hydrogen (secondary N) is 1. The molecular formula is C21H27N5O3S. The molecule has 160 valence electrons. The van der Waals surface area contributed by atoms with Gasteiger partial charge in [0, 0.05) is 43.8 Å². The number of H-pyrrole nitrogens is 1. The Morgan fingerprint density at radius 3 is 2.57 bits per heavy atom. The molecule has 8 nitrogen and oxygen atoms in total. The molecule has 2 saturated heterocycles. The Morgan fingerprint density at radius 1 is 1.20 bits per heavy atom. The van der Waals surface area contributed by atoms with Crippen LogP contribution in [0.1, 0.15) is 36.6 Å². The number of hydrogen-bond acceptors (Lipinski definition) is 5. The molecule has 5 rings (SSSR count). The van der Waals surface area contributed by atoms with Gasteiger partial charge in [-0.05, 0) is 49.3 Å². The van der Waals surface area contributed by atoms with Crippen LogP contribution in [0.4, 0.5) is 4.79 Å². The minimum Gasteiger partial charge on any atom is -0.324 e. The van der Waals surface area contributed by atoms with Gasteiger partial charge in [-0.15, -0.1) is 0 Å². The Kier molecular flexibility index (Phi) is 4.61. The van der Waals surface area contributed by atoms with E-state index in [1.54, 1.807) is 12.1 Å². The fourth-order valence-electron chi connectivity index (χ4n) is 5.44. The number of aromatic amines is 1. The summed E-state index contributed by atoms with van der Waals surface area (Å²) >= 11 is 0. The summed E-state index contributed by atoms with van der Waals surface area (Å²) < 4.78 is 23.2. The lowest BCUT2D eigenvalue weighted by Gasteiger charge is -2.59. The van der Waals surface area contributed by atoms with Gasteiger partial charge in [-0.3, -0.25) is 5.10 Å². The van der Waals surface area contributed by atoms with Crippen molar-refractivity contribution in [1.82, 2.24) is 25.0 Å². The van der Waals surface area contributed by atoms with Crippen molar-refractivity contribution in [3.05, 3.63) is 42.0 Å². The zero-order valence-electron chi connectivity index (χ0n) is 17.1. The van der Waals surface area contributed by atoms with Gasteiger partial charge >= 0.3 is 6.03 Å². The monoisotopic (exact) mass is 429 g/mol. The normalized spacial score (nSPS) is 23.4. The second kappa shape index (κ2) is 7.08. The summed E-state index contributed by atoms with van der Waals surface area (Å²) in [5, 5.41) is 6.83. The van der Waals surface area contributed by atoms with Gasteiger partial charge < -0.3 is 9.80 Å². The molecule has 1 aliphatic carbocycles. The molecule has 1 atom stereocenters. The number of benzene rings is 1. The molecule has 3 aliphatic rings. The topological polar surface area (TPSA) is 99.3 Å². The maximum Gasteiger partial charge on any atom is 0.320 e. The first-order valence-electron chi connectivity index (χ1n) is 10.5. The van der Waals surface area contributed by atoms with Crippen molar-refractivity contribution in [1.29, 1.82) is 0 Å². The van der Waals surface area contributed by atoms with Crippen molar-refractivity contribution >= 4 is 15.9 Å². The van der Waals surface area contributed by atoms with Crippen LogP contribution in [-0.4, -0.2) is 71.9 Å². The van der Waals surface area contributed by atoms with Crippen molar-refractivity contribution in [3.63, 3.8) is 0 Å². The lowest BCUT2D eigenvalue weighted by Crippen LogP contribution is -2.65. The molecule has 0 radical (unpaired) electrons. The summed E-state index contributed by atoms with van der Waals surface area (Å²) in [4.78, 5) is 21.3. The fraction of sp³-hybridized carbons (Fsp3) is 0.571. The van der Waals surface area contributed by atoms with Crippen LogP contribution < -0.4 is 0 Å². The molecule has 3 heterocycles. The predicted octanol–water partition coefficient (Wildman–Crippen LogP) is 2.07. The van der Waals surface area contributed by atoms with Crippen LogP contribution in [0.2, 0.25) is 0 Å². The Bertz CT molecular complexity index is 1020. The number of rotatable bonds is 4. The summed E-state index contributed by atoms with van der Waals surface area (Å²) in [7, 11) is -3.14. The molecule has 3 fully saturated rings. The molecule has 2 aliphatic heterocycles. The SMILES string of the molecule is CS(=O)(=O)c1ccc(CC2CC3(C2)CN(C(=O)N2CC[C@H](c4ncn[nH]4)C2)C3)cc1. The predicted molar refractivity (Wildman–Crippen MR) is 111 cm³/mol. The highest BCUT2D eigenvalue weighted by atomic mass is 32.2. The van der Waals surface area contributed by atoms with Gasteiger partial charge in [0.05, 0.1) is 4.90 Å². The highest BCUT2D eigenvalue weighted by Gasteiger charge is 2.54. The van der Waals surface area contributed by atoms with E-state index < -0.39 is 9.84 Å². The Labute approximate surface area is 176 Å². The number of hydrogen-bond donors (Lipinski definition) is 1. The Morgan fingerprint density at radius 2 is 1.93 bits per heavy atom. The molecule has 0 unspecified atom stereocenters. The van der Waals surface area contributed by atoms with E-state index in [9.17, 15) is 13.2 Å². The first-order valence-corrected chi connectivity index (χ1v) is 12.4. The number of carbonyl (C=O) groups is 1. The second-order valence-electron chi connectivity index (χ2n) is 9.34. The second-order valence-corrected chi connectivity index (χ2v) is 11.4. The average Bonchev–Trinajstić information content (AvgIpc) is 3.33. The number of carbonyl (C=O) groups excluding carboxylic acids is 1. The third kappa shape index (κ3) is 3.59. The van der Waals surface area contributed by atoms with Crippen LogP contribution in [0.25, 0.3) is 0 Å². The van der Waals surface area contributed by atoms with E-state index in [1.807, 2.05) is 21.9 Å². The standard InChI is InChI=1S/C21H27N5O3S/c1-30(28,29)18-4-2-15(3-5-18)8-16-9-21(10-16)12-26(13-21)20(27)25-7-6-17(11-25)19-22-14-23-24-19/h2-5,14,16-17H,6-13H2,1H3,(H,22,23,24)/t17-/m0/s1.